The van der Waals surface area contributed by atoms with Crippen LogP contribution in [0, 0.1) is 0 Å². The topological polar surface area (TPSA) is 138 Å². The lowest BCUT2D eigenvalue weighted by atomic mass is 9.95. The molecule has 0 bridgehead atoms. The maximum absolute atomic E-state index is 6.45. The van der Waals surface area contributed by atoms with Gasteiger partial charge < -0.3 is 28.7 Å². The summed E-state index contributed by atoms with van der Waals surface area (Å²) in [5.74, 6) is 0. The van der Waals surface area contributed by atoms with Crippen LogP contribution in [0.4, 0.5) is 28.4 Å². The van der Waals surface area contributed by atoms with Crippen LogP contribution in [0.5, 0.6) is 0 Å². The molecule has 0 spiro atoms. The van der Waals surface area contributed by atoms with Gasteiger partial charge in [-0.2, -0.15) is 0 Å². The van der Waals surface area contributed by atoms with Gasteiger partial charge >= 0.3 is 0 Å². The van der Waals surface area contributed by atoms with E-state index in [0.717, 1.165) is 74.2 Å². The highest BCUT2D eigenvalue weighted by Crippen LogP contribution is 2.29. The van der Waals surface area contributed by atoms with Gasteiger partial charge in [-0.15, -0.1) is 0 Å². The van der Waals surface area contributed by atoms with E-state index < -0.39 is 0 Å². The molecule has 0 aliphatic heterocycles. The summed E-state index contributed by atoms with van der Waals surface area (Å²) in [6.45, 7) is 0. The molecule has 0 amide bonds. The minimum atomic E-state index is 0. The smallest absolute Gasteiger partial charge is 0.0711 e. The SMILES string of the molecule is N.Nc1ccc(Nc2ccc(Cc3ccc(-c4ccc(N)c(Cc5ccc6nc7ccc(N)cc7cc6c5)c4)cc3)cc2)cc1. The van der Waals surface area contributed by atoms with Gasteiger partial charge in [0.15, 0.2) is 0 Å². The van der Waals surface area contributed by atoms with Gasteiger partial charge in [0.25, 0.3) is 0 Å². The van der Waals surface area contributed by atoms with Crippen molar-refractivity contribution < 1.29 is 0 Å². The molecule has 0 saturated heterocycles. The molecule has 6 heteroatoms. The van der Waals surface area contributed by atoms with Crippen LogP contribution in [0.15, 0.2) is 133 Å². The number of pyridine rings is 1. The lowest BCUT2D eigenvalue weighted by Crippen LogP contribution is -1.97. The number of benzene rings is 6. The molecular formula is C39H36N6. The number of hydrogen-bond acceptors (Lipinski definition) is 6. The molecule has 0 atom stereocenters. The highest BCUT2D eigenvalue weighted by atomic mass is 14.9. The summed E-state index contributed by atoms with van der Waals surface area (Å²) in [7, 11) is 0. The van der Waals surface area contributed by atoms with Crippen LogP contribution < -0.4 is 28.7 Å². The summed E-state index contributed by atoms with van der Waals surface area (Å²) in [6, 6.07) is 45.8. The fourth-order valence-corrected chi connectivity index (χ4v) is 5.67. The van der Waals surface area contributed by atoms with E-state index in [0.29, 0.717) is 0 Å². The third-order valence-corrected chi connectivity index (χ3v) is 8.08. The first-order chi connectivity index (χ1) is 21.4. The van der Waals surface area contributed by atoms with Crippen LogP contribution in [0.3, 0.4) is 0 Å². The maximum atomic E-state index is 6.45. The first-order valence-electron chi connectivity index (χ1n) is 14.7. The van der Waals surface area contributed by atoms with E-state index in [9.17, 15) is 0 Å². The third kappa shape index (κ3) is 6.56. The van der Waals surface area contributed by atoms with E-state index in [1.807, 2.05) is 48.5 Å². The minimum Gasteiger partial charge on any atom is -0.399 e. The van der Waals surface area contributed by atoms with Crippen LogP contribution in [0.2, 0.25) is 0 Å². The van der Waals surface area contributed by atoms with Crippen LogP contribution in [-0.2, 0) is 12.8 Å². The van der Waals surface area contributed by atoms with Crippen molar-refractivity contribution in [2.75, 3.05) is 22.5 Å². The molecular weight excluding hydrogens is 552 g/mol. The van der Waals surface area contributed by atoms with E-state index >= 15 is 0 Å². The Bertz CT molecular complexity index is 2100. The summed E-state index contributed by atoms with van der Waals surface area (Å²) >= 11 is 0. The van der Waals surface area contributed by atoms with E-state index in [4.69, 9.17) is 22.2 Å². The van der Waals surface area contributed by atoms with Crippen molar-refractivity contribution in [2.45, 2.75) is 12.8 Å². The van der Waals surface area contributed by atoms with Gasteiger partial charge in [0.05, 0.1) is 11.0 Å². The molecule has 45 heavy (non-hydrogen) atoms. The van der Waals surface area contributed by atoms with Gasteiger partial charge in [-0.25, -0.2) is 4.98 Å². The number of nitrogens with one attached hydrogen (secondary N) is 1. The fraction of sp³-hybridized carbons (Fsp3) is 0.0513. The number of hydrogen-bond donors (Lipinski definition) is 5. The van der Waals surface area contributed by atoms with Crippen molar-refractivity contribution in [1.82, 2.24) is 11.1 Å². The summed E-state index contributed by atoms with van der Waals surface area (Å²) in [6.07, 6.45) is 1.61. The molecule has 10 N–H and O–H groups in total. The summed E-state index contributed by atoms with van der Waals surface area (Å²) < 4.78 is 0. The van der Waals surface area contributed by atoms with Gasteiger partial charge in [0.2, 0.25) is 0 Å². The molecule has 7 rings (SSSR count). The van der Waals surface area contributed by atoms with Gasteiger partial charge in [0.1, 0.15) is 0 Å². The Hall–Kier alpha value is -5.85. The second kappa shape index (κ2) is 12.4. The number of rotatable bonds is 7. The number of nitrogens with two attached hydrogens (primary N) is 3. The minimum absolute atomic E-state index is 0. The first-order valence-corrected chi connectivity index (χ1v) is 14.7. The number of anilines is 5. The predicted molar refractivity (Wildman–Crippen MR) is 191 cm³/mol. The summed E-state index contributed by atoms with van der Waals surface area (Å²) in [4.78, 5) is 4.81. The third-order valence-electron chi connectivity index (χ3n) is 8.08. The quantitative estimate of drug-likeness (QED) is 0.0931. The van der Waals surface area contributed by atoms with E-state index in [2.05, 4.69) is 90.2 Å². The second-order valence-corrected chi connectivity index (χ2v) is 11.4. The maximum Gasteiger partial charge on any atom is 0.0711 e. The zero-order valence-electron chi connectivity index (χ0n) is 25.0. The number of nitrogens with zero attached hydrogens (tertiary/aromatic N) is 1. The first kappa shape index (κ1) is 29.2. The molecule has 6 aromatic carbocycles. The Balaban J connectivity index is 0.00000357. The van der Waals surface area contributed by atoms with Crippen molar-refractivity contribution in [3.05, 3.63) is 156 Å². The zero-order valence-corrected chi connectivity index (χ0v) is 25.0. The van der Waals surface area contributed by atoms with Crippen LogP contribution in [0.25, 0.3) is 32.9 Å². The molecule has 0 fully saturated rings. The van der Waals surface area contributed by atoms with Gasteiger partial charge in [0, 0.05) is 39.2 Å². The monoisotopic (exact) mass is 588 g/mol. The lowest BCUT2D eigenvalue weighted by molar-refractivity contribution is 1.19. The molecule has 7 aromatic rings. The van der Waals surface area contributed by atoms with Crippen molar-refractivity contribution in [2.24, 2.45) is 0 Å². The average Bonchev–Trinajstić information content (AvgIpc) is 3.03. The van der Waals surface area contributed by atoms with Gasteiger partial charge in [-0.05, 0) is 131 Å². The van der Waals surface area contributed by atoms with Gasteiger partial charge in [-0.1, -0.05) is 48.5 Å². The molecule has 6 nitrogen and oxygen atoms in total. The fourth-order valence-electron chi connectivity index (χ4n) is 5.67. The van der Waals surface area contributed by atoms with Crippen LogP contribution in [0.1, 0.15) is 22.3 Å². The Morgan fingerprint density at radius 1 is 0.467 bits per heavy atom. The largest absolute Gasteiger partial charge is 0.399 e. The molecule has 1 heterocycles. The molecule has 1 aromatic heterocycles. The summed E-state index contributed by atoms with van der Waals surface area (Å²) in [5.41, 5.74) is 31.7. The van der Waals surface area contributed by atoms with Crippen molar-refractivity contribution in [3.63, 3.8) is 0 Å². The highest BCUT2D eigenvalue weighted by molar-refractivity contribution is 5.94. The molecule has 0 aliphatic rings. The van der Waals surface area contributed by atoms with Crippen molar-refractivity contribution in [3.8, 4) is 11.1 Å². The number of fused-ring (bicyclic) bond motifs is 2. The molecule has 0 saturated carbocycles. The molecule has 0 aliphatic carbocycles. The summed E-state index contributed by atoms with van der Waals surface area (Å²) in [5, 5.41) is 5.56. The molecule has 0 unspecified atom stereocenters. The van der Waals surface area contributed by atoms with E-state index in [-0.39, 0.29) is 6.15 Å². The molecule has 222 valence electrons. The van der Waals surface area contributed by atoms with Crippen molar-refractivity contribution in [1.29, 1.82) is 0 Å². The zero-order chi connectivity index (χ0) is 30.0. The number of nitrogen functional groups attached to an aromatic ring is 3. The lowest BCUT2D eigenvalue weighted by Gasteiger charge is -2.11. The van der Waals surface area contributed by atoms with E-state index in [1.54, 1.807) is 0 Å². The Labute approximate surface area is 263 Å². The number of aromatic nitrogens is 1. The Morgan fingerprint density at radius 2 is 1.02 bits per heavy atom. The highest BCUT2D eigenvalue weighted by Gasteiger charge is 2.08. The van der Waals surface area contributed by atoms with Crippen LogP contribution in [-0.4, -0.2) is 4.98 Å². The van der Waals surface area contributed by atoms with Gasteiger partial charge in [-0.3, -0.25) is 0 Å². The standard InChI is InChI=1S/C39H33N5.H3N/c40-33-9-14-36(15-10-33)43-35-12-3-26(4-13-35)19-25-1-6-28(7-2-25)29-8-16-37(42)30(22-29)20-27-5-17-38-31(21-27)23-32-24-34(41)11-18-39(32)44-38;/h1-18,21-24,43H,19-20,40-42H2;1H3. The molecule has 0 radical (unpaired) electrons. The Kier molecular flexibility index (Phi) is 8.06. The average molecular weight is 589 g/mol. The second-order valence-electron chi connectivity index (χ2n) is 11.4. The van der Waals surface area contributed by atoms with Crippen molar-refractivity contribution >= 4 is 50.2 Å². The normalized spacial score (nSPS) is 10.9. The van der Waals surface area contributed by atoms with Crippen LogP contribution >= 0.6 is 0 Å². The Morgan fingerprint density at radius 3 is 1.73 bits per heavy atom. The van der Waals surface area contributed by atoms with E-state index in [1.165, 1.54) is 22.3 Å². The predicted octanol–water partition coefficient (Wildman–Crippen LogP) is 8.89.